The summed E-state index contributed by atoms with van der Waals surface area (Å²) in [6.07, 6.45) is 12.3. The van der Waals surface area contributed by atoms with Gasteiger partial charge in [0.1, 0.15) is 11.5 Å². The highest BCUT2D eigenvalue weighted by molar-refractivity contribution is 6.03. The van der Waals surface area contributed by atoms with Crippen LogP contribution in [0.4, 0.5) is 5.82 Å². The van der Waals surface area contributed by atoms with E-state index in [0.717, 1.165) is 39.4 Å². The molecule has 3 heterocycles. The number of aryl methyl sites for hydroxylation is 1. The number of carbonyl (C=O) groups is 1. The highest BCUT2D eigenvalue weighted by Crippen LogP contribution is 2.25. The van der Waals surface area contributed by atoms with Gasteiger partial charge in [-0.3, -0.25) is 14.5 Å². The van der Waals surface area contributed by atoms with Crippen LogP contribution >= 0.6 is 0 Å². The molecule has 0 saturated heterocycles. The molecule has 28 heavy (non-hydrogen) atoms. The molecule has 3 aromatic heterocycles. The van der Waals surface area contributed by atoms with Crippen LogP contribution in [0.15, 0.2) is 61.2 Å². The van der Waals surface area contributed by atoms with Crippen LogP contribution in [0.3, 0.4) is 0 Å². The Balaban J connectivity index is 1.44. The van der Waals surface area contributed by atoms with Crippen molar-refractivity contribution >= 4 is 28.6 Å². The Morgan fingerprint density at radius 1 is 1.04 bits per heavy atom. The number of amides is 1. The third-order valence-electron chi connectivity index (χ3n) is 4.89. The number of nitrogens with one attached hydrogen (secondary N) is 1. The van der Waals surface area contributed by atoms with Gasteiger partial charge in [-0.15, -0.1) is 0 Å². The van der Waals surface area contributed by atoms with Crippen LogP contribution in [0.1, 0.15) is 21.6 Å². The molecule has 6 nitrogen and oxygen atoms in total. The maximum absolute atomic E-state index is 12.6. The number of hydrogen-bond acceptors (Lipinski definition) is 4. The van der Waals surface area contributed by atoms with E-state index in [1.54, 1.807) is 17.1 Å². The molecule has 4 aromatic rings. The van der Waals surface area contributed by atoms with Crippen molar-refractivity contribution < 1.29 is 4.79 Å². The Kier molecular flexibility index (Phi) is 3.76. The van der Waals surface area contributed by atoms with Crippen molar-refractivity contribution in [3.05, 3.63) is 78.0 Å². The molecule has 0 saturated carbocycles. The fourth-order valence-corrected chi connectivity index (χ4v) is 3.40. The van der Waals surface area contributed by atoms with Gasteiger partial charge in [-0.05, 0) is 46.7 Å². The maximum atomic E-state index is 12.6. The average molecular weight is 367 g/mol. The van der Waals surface area contributed by atoms with E-state index in [2.05, 4.69) is 32.5 Å². The second kappa shape index (κ2) is 6.42. The van der Waals surface area contributed by atoms with Crippen LogP contribution in [-0.2, 0) is 13.5 Å². The summed E-state index contributed by atoms with van der Waals surface area (Å²) in [5, 5.41) is 9.08. The van der Waals surface area contributed by atoms with Crippen LogP contribution in [0.25, 0.3) is 28.0 Å². The first-order chi connectivity index (χ1) is 13.7. The summed E-state index contributed by atoms with van der Waals surface area (Å²) < 4.78 is 1.77. The number of anilines is 1. The standard InChI is InChI=1S/C22H17N5O/c1-27-13-19(12-25-27)15-5-6-17-11-24-21(9-18(17)7-15)26-22(28)20-8-14-3-2-4-16(14)10-23-20/h2-3,5-13H,4H2,1H3,(H,24,26,28). The van der Waals surface area contributed by atoms with E-state index in [1.807, 2.05) is 49.8 Å². The summed E-state index contributed by atoms with van der Waals surface area (Å²) >= 11 is 0. The lowest BCUT2D eigenvalue weighted by Crippen LogP contribution is -2.14. The second-order valence-corrected chi connectivity index (χ2v) is 6.86. The molecule has 1 N–H and O–H groups in total. The molecule has 1 aromatic carbocycles. The Labute approximate surface area is 161 Å². The van der Waals surface area contributed by atoms with E-state index in [-0.39, 0.29) is 5.91 Å². The summed E-state index contributed by atoms with van der Waals surface area (Å²) in [6, 6.07) is 9.82. The zero-order valence-electron chi connectivity index (χ0n) is 15.3. The van der Waals surface area contributed by atoms with Crippen LogP contribution in [-0.4, -0.2) is 25.7 Å². The van der Waals surface area contributed by atoms with Crippen molar-refractivity contribution in [1.29, 1.82) is 0 Å². The monoisotopic (exact) mass is 367 g/mol. The molecule has 5 rings (SSSR count). The van der Waals surface area contributed by atoms with Gasteiger partial charge in [0.15, 0.2) is 0 Å². The largest absolute Gasteiger partial charge is 0.305 e. The minimum absolute atomic E-state index is 0.265. The lowest BCUT2D eigenvalue weighted by atomic mass is 10.1. The lowest BCUT2D eigenvalue weighted by Gasteiger charge is -2.07. The van der Waals surface area contributed by atoms with E-state index in [4.69, 9.17) is 0 Å². The number of rotatable bonds is 3. The number of fused-ring (bicyclic) bond motifs is 2. The Bertz CT molecular complexity index is 1260. The Hall–Kier alpha value is -3.80. The third kappa shape index (κ3) is 2.95. The molecule has 136 valence electrons. The maximum Gasteiger partial charge on any atom is 0.275 e. The van der Waals surface area contributed by atoms with Crippen LogP contribution < -0.4 is 5.32 Å². The topological polar surface area (TPSA) is 72.7 Å². The third-order valence-corrected chi connectivity index (χ3v) is 4.89. The molecule has 1 amide bonds. The minimum atomic E-state index is -0.265. The fraction of sp³-hybridized carbons (Fsp3) is 0.0909. The van der Waals surface area contributed by atoms with E-state index in [9.17, 15) is 4.79 Å². The van der Waals surface area contributed by atoms with Gasteiger partial charge >= 0.3 is 0 Å². The molecular formula is C22H17N5O. The quantitative estimate of drug-likeness (QED) is 0.597. The van der Waals surface area contributed by atoms with E-state index in [1.165, 1.54) is 0 Å². The zero-order valence-corrected chi connectivity index (χ0v) is 15.3. The second-order valence-electron chi connectivity index (χ2n) is 6.86. The molecular weight excluding hydrogens is 350 g/mol. The van der Waals surface area contributed by atoms with Gasteiger partial charge in [0.25, 0.3) is 5.91 Å². The molecule has 1 aliphatic rings. The van der Waals surface area contributed by atoms with Crippen LogP contribution in [0.5, 0.6) is 0 Å². The average Bonchev–Trinajstić information content (AvgIpc) is 3.35. The molecule has 6 heteroatoms. The van der Waals surface area contributed by atoms with Crippen molar-refractivity contribution in [3.63, 3.8) is 0 Å². The number of carbonyl (C=O) groups excluding carboxylic acids is 1. The molecule has 0 fully saturated rings. The molecule has 0 aliphatic heterocycles. The molecule has 1 aliphatic carbocycles. The van der Waals surface area contributed by atoms with Gasteiger partial charge in [-0.25, -0.2) is 4.98 Å². The van der Waals surface area contributed by atoms with Crippen LogP contribution in [0.2, 0.25) is 0 Å². The van der Waals surface area contributed by atoms with E-state index in [0.29, 0.717) is 11.5 Å². The summed E-state index contributed by atoms with van der Waals surface area (Å²) in [5.41, 5.74) is 4.69. The Morgan fingerprint density at radius 2 is 1.96 bits per heavy atom. The highest BCUT2D eigenvalue weighted by Gasteiger charge is 2.13. The van der Waals surface area contributed by atoms with E-state index < -0.39 is 0 Å². The van der Waals surface area contributed by atoms with Gasteiger partial charge in [0, 0.05) is 36.6 Å². The van der Waals surface area contributed by atoms with Gasteiger partial charge < -0.3 is 5.32 Å². The SMILES string of the molecule is Cn1cc(-c2ccc3cnc(NC(=O)c4cc5c(cn4)CC=C5)cc3c2)cn1. The number of aromatic nitrogens is 4. The number of hydrogen-bond donors (Lipinski definition) is 1. The smallest absolute Gasteiger partial charge is 0.275 e. The number of nitrogens with zero attached hydrogens (tertiary/aromatic N) is 4. The zero-order chi connectivity index (χ0) is 19.1. The summed E-state index contributed by atoms with van der Waals surface area (Å²) in [5.74, 6) is 0.233. The molecule has 0 spiro atoms. The van der Waals surface area contributed by atoms with Gasteiger partial charge in [0.05, 0.1) is 6.20 Å². The van der Waals surface area contributed by atoms with Gasteiger partial charge in [-0.1, -0.05) is 24.3 Å². The van der Waals surface area contributed by atoms with Crippen molar-refractivity contribution in [1.82, 2.24) is 19.7 Å². The molecule has 0 unspecified atom stereocenters. The molecule has 0 radical (unpaired) electrons. The van der Waals surface area contributed by atoms with Crippen molar-refractivity contribution in [2.45, 2.75) is 6.42 Å². The number of pyridine rings is 2. The summed E-state index contributed by atoms with van der Waals surface area (Å²) in [4.78, 5) is 21.2. The minimum Gasteiger partial charge on any atom is -0.305 e. The van der Waals surface area contributed by atoms with Crippen molar-refractivity contribution in [2.24, 2.45) is 7.05 Å². The van der Waals surface area contributed by atoms with Crippen molar-refractivity contribution in [3.8, 4) is 11.1 Å². The fourth-order valence-electron chi connectivity index (χ4n) is 3.40. The lowest BCUT2D eigenvalue weighted by molar-refractivity contribution is 0.102. The Morgan fingerprint density at radius 3 is 2.82 bits per heavy atom. The van der Waals surface area contributed by atoms with Gasteiger partial charge in [0.2, 0.25) is 0 Å². The summed E-state index contributed by atoms with van der Waals surface area (Å²) in [7, 11) is 1.89. The first kappa shape index (κ1) is 16.4. The number of benzene rings is 1. The van der Waals surface area contributed by atoms with Gasteiger partial charge in [-0.2, -0.15) is 5.10 Å². The highest BCUT2D eigenvalue weighted by atomic mass is 16.1. The van der Waals surface area contributed by atoms with Crippen molar-refractivity contribution in [2.75, 3.05) is 5.32 Å². The first-order valence-corrected chi connectivity index (χ1v) is 9.01. The normalized spacial score (nSPS) is 12.3. The van der Waals surface area contributed by atoms with Crippen LogP contribution in [0, 0.1) is 0 Å². The number of allylic oxidation sites excluding steroid dienone is 1. The first-order valence-electron chi connectivity index (χ1n) is 9.01. The molecule has 0 bridgehead atoms. The van der Waals surface area contributed by atoms with E-state index >= 15 is 0 Å². The predicted octanol–water partition coefficient (Wildman–Crippen LogP) is 3.85. The molecule has 0 atom stereocenters. The predicted molar refractivity (Wildman–Crippen MR) is 109 cm³/mol. The summed E-state index contributed by atoms with van der Waals surface area (Å²) in [6.45, 7) is 0.